The van der Waals surface area contributed by atoms with Crippen molar-refractivity contribution in [2.24, 2.45) is 0 Å². The minimum atomic E-state index is -1.98. The van der Waals surface area contributed by atoms with Crippen LogP contribution in [0.15, 0.2) is 59.4 Å². The number of fused-ring (bicyclic) bond motifs is 5. The minimum absolute atomic E-state index is 0.0770. The van der Waals surface area contributed by atoms with Crippen LogP contribution in [0, 0.1) is 0 Å². The Balaban J connectivity index is 1.02. The third kappa shape index (κ3) is 7.75. The number of hydrogen-bond acceptors (Lipinski definition) is 11. The number of aromatic nitrogens is 2. The number of phenolic OH excluding ortho intramolecular Hbond substituents is 1. The molecule has 15 heteroatoms. The summed E-state index contributed by atoms with van der Waals surface area (Å²) < 4.78 is 12.6. The molecule has 0 spiro atoms. The maximum atomic E-state index is 13.9. The molecule has 0 bridgehead atoms. The average Bonchev–Trinajstić information content (AvgIpc) is 3.53. The molecule has 4 heterocycles. The Kier molecular flexibility index (Phi) is 11.2. The van der Waals surface area contributed by atoms with Crippen molar-refractivity contribution in [1.82, 2.24) is 20.3 Å². The summed E-state index contributed by atoms with van der Waals surface area (Å²) in [6.45, 7) is 2.77. The van der Waals surface area contributed by atoms with E-state index in [-0.39, 0.29) is 48.8 Å². The number of aryl methyl sites for hydroxylation is 1. The fourth-order valence-electron chi connectivity index (χ4n) is 6.95. The van der Waals surface area contributed by atoms with E-state index >= 15 is 0 Å². The Morgan fingerprint density at radius 3 is 2.41 bits per heavy atom. The number of ether oxygens (including phenoxy) is 2. The van der Waals surface area contributed by atoms with Crippen molar-refractivity contribution in [1.29, 1.82) is 0 Å². The number of hydroxylamine groups is 1. The van der Waals surface area contributed by atoms with Crippen LogP contribution in [0.5, 0.6) is 5.75 Å². The first-order chi connectivity index (χ1) is 26.0. The van der Waals surface area contributed by atoms with Gasteiger partial charge in [-0.25, -0.2) is 14.6 Å². The molecule has 1 atom stereocenters. The second-order valence-electron chi connectivity index (χ2n) is 13.1. The molecule has 0 aliphatic carbocycles. The highest BCUT2D eigenvalue weighted by molar-refractivity contribution is 5.92. The van der Waals surface area contributed by atoms with E-state index in [1.54, 1.807) is 29.7 Å². The molecule has 0 saturated heterocycles. The van der Waals surface area contributed by atoms with Crippen molar-refractivity contribution in [2.75, 3.05) is 11.9 Å². The molecule has 282 valence electrons. The third-order valence-corrected chi connectivity index (χ3v) is 9.65. The highest BCUT2D eigenvalue weighted by atomic mass is 16.7. The van der Waals surface area contributed by atoms with Crippen molar-refractivity contribution in [3.63, 3.8) is 0 Å². The normalized spacial score (nSPS) is 15.3. The first-order valence-electron chi connectivity index (χ1n) is 17.9. The Bertz CT molecular complexity index is 2180. The van der Waals surface area contributed by atoms with Gasteiger partial charge >= 0.3 is 18.0 Å². The van der Waals surface area contributed by atoms with Crippen LogP contribution < -0.4 is 21.7 Å². The number of cyclic esters (lactones) is 1. The number of carbonyl (C=O) groups is 5. The summed E-state index contributed by atoms with van der Waals surface area (Å²) >= 11 is 0. The van der Waals surface area contributed by atoms with Gasteiger partial charge in [-0.1, -0.05) is 44.9 Å². The van der Waals surface area contributed by atoms with Crippen LogP contribution in [0.4, 0.5) is 10.5 Å². The summed E-state index contributed by atoms with van der Waals surface area (Å²) in [7, 11) is 0. The van der Waals surface area contributed by atoms with E-state index in [9.17, 15) is 33.9 Å². The number of aromatic hydroxyl groups is 1. The van der Waals surface area contributed by atoms with Gasteiger partial charge in [-0.3, -0.25) is 19.2 Å². The van der Waals surface area contributed by atoms with Gasteiger partial charge in [-0.2, -0.15) is 5.48 Å². The summed E-state index contributed by atoms with van der Waals surface area (Å²) in [5.74, 6) is -2.41. The smallest absolute Gasteiger partial charge is 0.432 e. The van der Waals surface area contributed by atoms with Crippen molar-refractivity contribution < 1.29 is 43.4 Å². The molecule has 4 N–H and O–H groups in total. The highest BCUT2D eigenvalue weighted by Gasteiger charge is 2.50. The second kappa shape index (κ2) is 16.2. The van der Waals surface area contributed by atoms with Gasteiger partial charge in [0.15, 0.2) is 0 Å². The molecular weight excluding hydrogens is 698 g/mol. The summed E-state index contributed by atoms with van der Waals surface area (Å²) in [5, 5.41) is 15.9. The van der Waals surface area contributed by atoms with Gasteiger partial charge in [0.25, 0.3) is 11.5 Å². The number of pyridine rings is 2. The lowest BCUT2D eigenvalue weighted by atomic mass is 9.85. The van der Waals surface area contributed by atoms with Crippen LogP contribution in [-0.2, 0) is 58.7 Å². The van der Waals surface area contributed by atoms with E-state index in [2.05, 4.69) is 10.6 Å². The molecule has 3 amide bonds. The van der Waals surface area contributed by atoms with Crippen molar-refractivity contribution in [2.45, 2.75) is 84.0 Å². The number of nitrogens with one attached hydrogen (secondary N) is 3. The number of anilines is 1. The Hall–Kier alpha value is -6.25. The summed E-state index contributed by atoms with van der Waals surface area (Å²) in [6, 6.07) is 15.7. The molecule has 2 aliphatic heterocycles. The topological polar surface area (TPSA) is 204 Å². The summed E-state index contributed by atoms with van der Waals surface area (Å²) in [4.78, 5) is 86.3. The summed E-state index contributed by atoms with van der Waals surface area (Å²) in [5.41, 5.74) is 4.07. The van der Waals surface area contributed by atoms with E-state index < -0.39 is 41.6 Å². The average molecular weight is 740 g/mol. The van der Waals surface area contributed by atoms with Gasteiger partial charge in [-0.05, 0) is 67.6 Å². The number of rotatable bonds is 13. The molecule has 6 rings (SSSR count). The lowest BCUT2D eigenvalue weighted by Crippen LogP contribution is -2.49. The van der Waals surface area contributed by atoms with Crippen LogP contribution >= 0.6 is 0 Å². The molecule has 0 unspecified atom stereocenters. The molecule has 15 nitrogen and oxygen atoms in total. The van der Waals surface area contributed by atoms with Gasteiger partial charge in [0, 0.05) is 35.0 Å². The SMILES string of the molecule is CCc1c2c(nc3ccc(O)cc13)-c1cc3c(c(=O)n1C2)COC(=O)[C@@]3(CC)OC(=O)CNC(=O)ONC(=O)CCCCCCC(=O)Nc1ccccc1. The fourth-order valence-corrected chi connectivity index (χ4v) is 6.95. The van der Waals surface area contributed by atoms with Crippen molar-refractivity contribution >= 4 is 46.4 Å². The Morgan fingerprint density at radius 2 is 1.69 bits per heavy atom. The first-order valence-corrected chi connectivity index (χ1v) is 17.9. The van der Waals surface area contributed by atoms with Gasteiger partial charge < -0.3 is 34.6 Å². The number of benzene rings is 2. The Morgan fingerprint density at radius 1 is 0.944 bits per heavy atom. The third-order valence-electron chi connectivity index (χ3n) is 9.65. The molecule has 2 aromatic heterocycles. The first kappa shape index (κ1) is 37.5. The van der Waals surface area contributed by atoms with Crippen LogP contribution in [0.1, 0.15) is 81.0 Å². The lowest BCUT2D eigenvalue weighted by molar-refractivity contribution is -0.188. The lowest BCUT2D eigenvalue weighted by Gasteiger charge is -2.35. The number of unbranched alkanes of at least 4 members (excludes halogenated alkanes) is 3. The van der Waals surface area contributed by atoms with E-state index in [1.807, 2.05) is 42.7 Å². The number of phenols is 1. The molecule has 0 radical (unpaired) electrons. The van der Waals surface area contributed by atoms with Crippen molar-refractivity contribution in [3.05, 3.63) is 87.2 Å². The van der Waals surface area contributed by atoms with Crippen LogP contribution in [0.25, 0.3) is 22.3 Å². The molecule has 0 saturated carbocycles. The van der Waals surface area contributed by atoms with E-state index in [0.717, 1.165) is 28.6 Å². The summed E-state index contributed by atoms with van der Waals surface area (Å²) in [6.07, 6.45) is 2.44. The maximum absolute atomic E-state index is 13.9. The van der Waals surface area contributed by atoms with E-state index in [4.69, 9.17) is 19.3 Å². The quantitative estimate of drug-likeness (QED) is 0.0567. The maximum Gasteiger partial charge on any atom is 0.432 e. The number of esters is 2. The Labute approximate surface area is 310 Å². The van der Waals surface area contributed by atoms with E-state index in [0.29, 0.717) is 49.0 Å². The zero-order valence-corrected chi connectivity index (χ0v) is 30.0. The highest BCUT2D eigenvalue weighted by Crippen LogP contribution is 2.42. The van der Waals surface area contributed by atoms with E-state index in [1.165, 1.54) is 6.07 Å². The van der Waals surface area contributed by atoms with Gasteiger partial charge in [0.1, 0.15) is 18.9 Å². The predicted molar refractivity (Wildman–Crippen MR) is 195 cm³/mol. The number of hydrogen-bond donors (Lipinski definition) is 4. The predicted octanol–water partition coefficient (Wildman–Crippen LogP) is 4.64. The van der Waals surface area contributed by atoms with Crippen LogP contribution in [-0.4, -0.2) is 51.0 Å². The molecule has 4 aromatic rings. The second-order valence-corrected chi connectivity index (χ2v) is 13.1. The van der Waals surface area contributed by atoms with Gasteiger partial charge in [-0.15, -0.1) is 0 Å². The minimum Gasteiger partial charge on any atom is -0.508 e. The van der Waals surface area contributed by atoms with Crippen LogP contribution in [0.3, 0.4) is 0 Å². The van der Waals surface area contributed by atoms with Crippen LogP contribution in [0.2, 0.25) is 0 Å². The molecule has 2 aromatic carbocycles. The van der Waals surface area contributed by atoms with Gasteiger partial charge in [0.05, 0.1) is 29.0 Å². The molecular formula is C39H41N5O10. The largest absolute Gasteiger partial charge is 0.508 e. The monoisotopic (exact) mass is 739 g/mol. The zero-order chi connectivity index (χ0) is 38.4. The number of carbonyl (C=O) groups excluding carboxylic acids is 5. The fraction of sp³-hybridized carbons (Fsp3) is 0.359. The number of para-hydroxylation sites is 1. The number of amides is 3. The van der Waals surface area contributed by atoms with Crippen molar-refractivity contribution in [3.8, 4) is 17.1 Å². The standard InChI is InChI=1S/C39H41N5O10/c1-3-25-26-18-24(45)16-17-30(26)42-35-27(25)21-44-31(35)19-29-28(36(44)49)22-52-37(50)39(29,4-2)53-34(48)20-40-38(51)54-43-33(47)15-11-6-5-10-14-32(46)41-23-12-8-7-9-13-23/h7-9,12-13,16-19,45H,3-6,10-11,14-15,20-22H2,1-2H3,(H,40,51)(H,41,46)(H,43,47)/t39-/m0/s1. The zero-order valence-electron chi connectivity index (χ0n) is 30.0. The molecule has 2 aliphatic rings. The van der Waals surface area contributed by atoms with Gasteiger partial charge in [0.2, 0.25) is 11.5 Å². The molecule has 0 fully saturated rings. The molecule has 54 heavy (non-hydrogen) atoms. The number of nitrogens with zero attached hydrogens (tertiary/aromatic N) is 2.